The zero-order valence-electron chi connectivity index (χ0n) is 14.1. The summed E-state index contributed by atoms with van der Waals surface area (Å²) in [6.07, 6.45) is 6.27. The van der Waals surface area contributed by atoms with Gasteiger partial charge in [0.25, 0.3) is 5.91 Å². The number of nitrogens with two attached hydrogens (primary N) is 1. The minimum Gasteiger partial charge on any atom is -0.352 e. The molecule has 1 aromatic heterocycles. The molecule has 0 unspecified atom stereocenters. The first-order chi connectivity index (χ1) is 12.1. The van der Waals surface area contributed by atoms with Crippen LogP contribution in [0.5, 0.6) is 0 Å². The molecule has 3 rings (SSSR count). The molecule has 3 N–H and O–H groups in total. The fourth-order valence-electron chi connectivity index (χ4n) is 3.20. The molecule has 2 aromatic rings. The topological polar surface area (TPSA) is 93.2 Å². The van der Waals surface area contributed by atoms with Crippen molar-refractivity contribution < 1.29 is 9.59 Å². The number of likely N-dealkylation sites (tertiary alicyclic amines) is 1. The van der Waals surface area contributed by atoms with E-state index in [1.54, 1.807) is 17.1 Å². The predicted molar refractivity (Wildman–Crippen MR) is 94.0 cm³/mol. The minimum atomic E-state index is -0.561. The van der Waals surface area contributed by atoms with E-state index in [9.17, 15) is 9.59 Å². The molecule has 2 heterocycles. The van der Waals surface area contributed by atoms with Gasteiger partial charge in [-0.25, -0.2) is 4.79 Å². The smallest absolute Gasteiger partial charge is 0.312 e. The average Bonchev–Trinajstić information content (AvgIpc) is 3.09. The number of carbonyl (C=O) groups excluding carboxylic acids is 2. The summed E-state index contributed by atoms with van der Waals surface area (Å²) in [7, 11) is 0. The van der Waals surface area contributed by atoms with Crippen LogP contribution in [-0.2, 0) is 6.54 Å². The third kappa shape index (κ3) is 4.37. The van der Waals surface area contributed by atoms with E-state index in [2.05, 4.69) is 10.4 Å². The van der Waals surface area contributed by atoms with E-state index >= 15 is 0 Å². The second-order valence-electron chi connectivity index (χ2n) is 6.31. The zero-order chi connectivity index (χ0) is 17.6. The number of aromatic nitrogens is 2. The molecular formula is C18H23N5O2. The Morgan fingerprint density at radius 1 is 1.24 bits per heavy atom. The van der Waals surface area contributed by atoms with Gasteiger partial charge in [0.15, 0.2) is 0 Å². The maximum atomic E-state index is 12.8. The Hall–Kier alpha value is -2.83. The highest BCUT2D eigenvalue weighted by atomic mass is 16.2. The van der Waals surface area contributed by atoms with Crippen LogP contribution in [0.2, 0.25) is 0 Å². The fourth-order valence-corrected chi connectivity index (χ4v) is 3.20. The molecule has 1 fully saturated rings. The summed E-state index contributed by atoms with van der Waals surface area (Å²) in [5, 5.41) is 6.92. The average molecular weight is 341 g/mol. The molecule has 7 heteroatoms. The molecule has 3 amide bonds. The number of primary amides is 1. The molecule has 1 atom stereocenters. The van der Waals surface area contributed by atoms with Crippen molar-refractivity contribution in [2.24, 2.45) is 5.73 Å². The molecule has 132 valence electrons. The van der Waals surface area contributed by atoms with Crippen molar-refractivity contribution in [2.75, 3.05) is 13.1 Å². The van der Waals surface area contributed by atoms with Gasteiger partial charge in [-0.3, -0.25) is 9.48 Å². The van der Waals surface area contributed by atoms with Crippen molar-refractivity contribution in [2.45, 2.75) is 31.8 Å². The molecule has 1 aliphatic heterocycles. The van der Waals surface area contributed by atoms with Crippen molar-refractivity contribution in [3.05, 3.63) is 53.9 Å². The largest absolute Gasteiger partial charge is 0.352 e. The van der Waals surface area contributed by atoms with Gasteiger partial charge >= 0.3 is 6.03 Å². The lowest BCUT2D eigenvalue weighted by Gasteiger charge is -2.35. The van der Waals surface area contributed by atoms with Gasteiger partial charge in [0.2, 0.25) is 0 Å². The summed E-state index contributed by atoms with van der Waals surface area (Å²) in [4.78, 5) is 25.6. The molecule has 1 aliphatic rings. The second-order valence-corrected chi connectivity index (χ2v) is 6.31. The summed E-state index contributed by atoms with van der Waals surface area (Å²) >= 11 is 0. The molecule has 0 aliphatic carbocycles. The highest BCUT2D eigenvalue weighted by molar-refractivity contribution is 5.94. The Balaban J connectivity index is 1.68. The van der Waals surface area contributed by atoms with Crippen molar-refractivity contribution in [3.8, 4) is 0 Å². The SMILES string of the molecule is NC(=O)NC[C@H]1CCCCN1C(=O)c1cnn(Cc2ccccc2)c1. The Kier molecular flexibility index (Phi) is 5.33. The highest BCUT2D eigenvalue weighted by Gasteiger charge is 2.28. The molecule has 0 bridgehead atoms. The summed E-state index contributed by atoms with van der Waals surface area (Å²) in [6.45, 7) is 1.70. The molecule has 25 heavy (non-hydrogen) atoms. The van der Waals surface area contributed by atoms with Crippen molar-refractivity contribution >= 4 is 11.9 Å². The standard InChI is InChI=1S/C18H23N5O2/c19-18(25)20-11-16-8-4-5-9-23(16)17(24)15-10-21-22(13-15)12-14-6-2-1-3-7-14/h1-3,6-7,10,13,16H,4-5,8-9,11-12H2,(H3,19,20,25)/t16-/m1/s1. The summed E-state index contributed by atoms with van der Waals surface area (Å²) < 4.78 is 1.77. The molecule has 0 radical (unpaired) electrons. The Morgan fingerprint density at radius 3 is 2.80 bits per heavy atom. The number of rotatable bonds is 5. The van der Waals surface area contributed by atoms with Gasteiger partial charge in [-0.1, -0.05) is 30.3 Å². The quantitative estimate of drug-likeness (QED) is 0.865. The Morgan fingerprint density at radius 2 is 2.04 bits per heavy atom. The maximum absolute atomic E-state index is 12.8. The highest BCUT2D eigenvalue weighted by Crippen LogP contribution is 2.19. The second kappa shape index (κ2) is 7.83. The number of nitrogens with one attached hydrogen (secondary N) is 1. The van der Waals surface area contributed by atoms with Crippen LogP contribution in [0.3, 0.4) is 0 Å². The van der Waals surface area contributed by atoms with Crippen LogP contribution in [0.25, 0.3) is 0 Å². The van der Waals surface area contributed by atoms with Crippen LogP contribution in [0.1, 0.15) is 35.2 Å². The first kappa shape index (κ1) is 17.0. The van der Waals surface area contributed by atoms with Crippen molar-refractivity contribution in [1.82, 2.24) is 20.0 Å². The van der Waals surface area contributed by atoms with Crippen LogP contribution in [0.4, 0.5) is 4.79 Å². The summed E-state index contributed by atoms with van der Waals surface area (Å²) in [5.41, 5.74) is 6.85. The lowest BCUT2D eigenvalue weighted by atomic mass is 10.0. The molecule has 0 saturated carbocycles. The van der Waals surface area contributed by atoms with E-state index in [0.29, 0.717) is 25.2 Å². The number of nitrogens with zero attached hydrogens (tertiary/aromatic N) is 3. The first-order valence-corrected chi connectivity index (χ1v) is 8.54. The van der Waals surface area contributed by atoms with Crippen LogP contribution in [0, 0.1) is 0 Å². The van der Waals surface area contributed by atoms with Gasteiger partial charge in [0.05, 0.1) is 18.3 Å². The zero-order valence-corrected chi connectivity index (χ0v) is 14.1. The van der Waals surface area contributed by atoms with E-state index in [1.165, 1.54) is 0 Å². The third-order valence-corrected chi connectivity index (χ3v) is 4.47. The van der Waals surface area contributed by atoms with E-state index in [0.717, 1.165) is 24.8 Å². The molecule has 1 saturated heterocycles. The van der Waals surface area contributed by atoms with E-state index in [-0.39, 0.29) is 11.9 Å². The summed E-state index contributed by atoms with van der Waals surface area (Å²) in [6, 6.07) is 9.40. The summed E-state index contributed by atoms with van der Waals surface area (Å²) in [5.74, 6) is -0.0460. The molecule has 1 aromatic carbocycles. The number of amides is 3. The maximum Gasteiger partial charge on any atom is 0.312 e. The normalized spacial score (nSPS) is 17.3. The lowest BCUT2D eigenvalue weighted by Crippen LogP contribution is -2.50. The third-order valence-electron chi connectivity index (χ3n) is 4.47. The van der Waals surface area contributed by atoms with Gasteiger partial charge in [0.1, 0.15) is 0 Å². The van der Waals surface area contributed by atoms with Crippen LogP contribution in [0.15, 0.2) is 42.7 Å². The minimum absolute atomic E-state index is 0.0220. The number of urea groups is 1. The fraction of sp³-hybridized carbons (Fsp3) is 0.389. The van der Waals surface area contributed by atoms with Crippen molar-refractivity contribution in [1.29, 1.82) is 0 Å². The number of carbonyl (C=O) groups is 2. The predicted octanol–water partition coefficient (Wildman–Crippen LogP) is 1.59. The van der Waals surface area contributed by atoms with Gasteiger partial charge in [0, 0.05) is 25.3 Å². The van der Waals surface area contributed by atoms with Crippen LogP contribution >= 0.6 is 0 Å². The van der Waals surface area contributed by atoms with Gasteiger partial charge < -0.3 is 16.0 Å². The van der Waals surface area contributed by atoms with E-state index in [1.807, 2.05) is 35.2 Å². The molecule has 7 nitrogen and oxygen atoms in total. The van der Waals surface area contributed by atoms with Crippen molar-refractivity contribution in [3.63, 3.8) is 0 Å². The Labute approximate surface area is 146 Å². The monoisotopic (exact) mass is 341 g/mol. The van der Waals surface area contributed by atoms with E-state index < -0.39 is 6.03 Å². The number of hydrogen-bond donors (Lipinski definition) is 2. The lowest BCUT2D eigenvalue weighted by molar-refractivity contribution is 0.0615. The Bertz CT molecular complexity index is 728. The number of benzene rings is 1. The molecular weight excluding hydrogens is 318 g/mol. The van der Waals surface area contributed by atoms with Gasteiger partial charge in [-0.2, -0.15) is 5.10 Å². The van der Waals surface area contributed by atoms with Crippen LogP contribution in [-0.4, -0.2) is 45.8 Å². The first-order valence-electron chi connectivity index (χ1n) is 8.54. The number of piperidine rings is 1. The van der Waals surface area contributed by atoms with Gasteiger partial charge in [-0.05, 0) is 24.8 Å². The van der Waals surface area contributed by atoms with Crippen LogP contribution < -0.4 is 11.1 Å². The van der Waals surface area contributed by atoms with Gasteiger partial charge in [-0.15, -0.1) is 0 Å². The molecule has 0 spiro atoms. The number of hydrogen-bond acceptors (Lipinski definition) is 3. The van der Waals surface area contributed by atoms with E-state index in [4.69, 9.17) is 5.73 Å².